The molecule has 0 saturated heterocycles. The van der Waals surface area contributed by atoms with Crippen LogP contribution in [0.4, 0.5) is 5.95 Å². The van der Waals surface area contributed by atoms with Crippen LogP contribution in [-0.4, -0.2) is 35.3 Å². The third-order valence-corrected chi connectivity index (χ3v) is 2.45. The fourth-order valence-corrected chi connectivity index (χ4v) is 1.52. The SMILES string of the molecule is Cc1cc(C#N)nc(N(C)CCCCCO)n1. The molecule has 1 N–H and O–H groups in total. The van der Waals surface area contributed by atoms with Gasteiger partial charge in [0.05, 0.1) is 0 Å². The number of hydrogen-bond donors (Lipinski definition) is 1. The number of rotatable bonds is 6. The highest BCUT2D eigenvalue weighted by molar-refractivity contribution is 5.34. The Labute approximate surface area is 102 Å². The van der Waals surface area contributed by atoms with Crippen LogP contribution in [0.3, 0.4) is 0 Å². The molecule has 0 bridgehead atoms. The maximum absolute atomic E-state index is 8.83. The second-order valence-corrected chi connectivity index (χ2v) is 4.01. The van der Waals surface area contributed by atoms with Crippen molar-refractivity contribution in [2.45, 2.75) is 26.2 Å². The van der Waals surface area contributed by atoms with Crippen LogP contribution in [0, 0.1) is 18.3 Å². The summed E-state index contributed by atoms with van der Waals surface area (Å²) in [5.41, 5.74) is 1.20. The zero-order chi connectivity index (χ0) is 12.7. The predicted octanol–water partition coefficient (Wildman–Crippen LogP) is 1.26. The van der Waals surface area contributed by atoms with Gasteiger partial charge in [-0.1, -0.05) is 0 Å². The average Bonchev–Trinajstić information content (AvgIpc) is 2.33. The van der Waals surface area contributed by atoms with Crippen LogP contribution in [0.15, 0.2) is 6.07 Å². The number of nitrogens with zero attached hydrogens (tertiary/aromatic N) is 4. The molecule has 1 heterocycles. The summed E-state index contributed by atoms with van der Waals surface area (Å²) in [7, 11) is 1.91. The van der Waals surface area contributed by atoms with E-state index in [2.05, 4.69) is 9.97 Å². The highest BCUT2D eigenvalue weighted by Crippen LogP contribution is 2.09. The van der Waals surface area contributed by atoms with Gasteiger partial charge in [0.2, 0.25) is 5.95 Å². The van der Waals surface area contributed by atoms with Crippen molar-refractivity contribution in [3.8, 4) is 6.07 Å². The molecule has 1 rings (SSSR count). The molecule has 0 radical (unpaired) electrons. The number of aliphatic hydroxyl groups excluding tert-OH is 1. The molecule has 5 nitrogen and oxygen atoms in total. The number of aromatic nitrogens is 2. The summed E-state index contributed by atoms with van der Waals surface area (Å²) < 4.78 is 0. The lowest BCUT2D eigenvalue weighted by molar-refractivity contribution is 0.283. The van der Waals surface area contributed by atoms with Crippen molar-refractivity contribution < 1.29 is 5.11 Å². The van der Waals surface area contributed by atoms with Crippen molar-refractivity contribution in [1.82, 2.24) is 9.97 Å². The summed E-state index contributed by atoms with van der Waals surface area (Å²) in [6, 6.07) is 3.70. The summed E-state index contributed by atoms with van der Waals surface area (Å²) in [6.07, 6.45) is 2.79. The Morgan fingerprint density at radius 3 is 2.76 bits per heavy atom. The van der Waals surface area contributed by atoms with Crippen LogP contribution in [-0.2, 0) is 0 Å². The molecule has 0 fully saturated rings. The molecule has 0 aliphatic rings. The Kier molecular flexibility index (Phi) is 5.37. The van der Waals surface area contributed by atoms with Gasteiger partial charge in [0.25, 0.3) is 0 Å². The molecule has 1 aromatic rings. The lowest BCUT2D eigenvalue weighted by Crippen LogP contribution is -2.21. The summed E-state index contributed by atoms with van der Waals surface area (Å²) >= 11 is 0. The smallest absolute Gasteiger partial charge is 0.226 e. The van der Waals surface area contributed by atoms with Crippen LogP contribution < -0.4 is 4.90 Å². The molecule has 0 atom stereocenters. The minimum absolute atomic E-state index is 0.239. The molecule has 0 unspecified atom stereocenters. The van der Waals surface area contributed by atoms with E-state index in [9.17, 15) is 0 Å². The second-order valence-electron chi connectivity index (χ2n) is 4.01. The van der Waals surface area contributed by atoms with Crippen molar-refractivity contribution in [1.29, 1.82) is 5.26 Å². The van der Waals surface area contributed by atoms with Crippen LogP contribution in [0.25, 0.3) is 0 Å². The zero-order valence-electron chi connectivity index (χ0n) is 10.3. The van der Waals surface area contributed by atoms with E-state index < -0.39 is 0 Å². The highest BCUT2D eigenvalue weighted by Gasteiger charge is 2.06. The third-order valence-electron chi connectivity index (χ3n) is 2.45. The molecule has 17 heavy (non-hydrogen) atoms. The van der Waals surface area contributed by atoms with Crippen molar-refractivity contribution >= 4 is 5.95 Å². The van der Waals surface area contributed by atoms with E-state index in [0.717, 1.165) is 31.5 Å². The van der Waals surface area contributed by atoms with Crippen molar-refractivity contribution in [2.75, 3.05) is 25.1 Å². The Morgan fingerprint density at radius 1 is 1.35 bits per heavy atom. The van der Waals surface area contributed by atoms with E-state index in [1.807, 2.05) is 24.9 Å². The molecule has 5 heteroatoms. The topological polar surface area (TPSA) is 73.0 Å². The molecule has 0 amide bonds. The van der Waals surface area contributed by atoms with Gasteiger partial charge in [0, 0.05) is 25.9 Å². The quantitative estimate of drug-likeness (QED) is 0.750. The molecule has 0 aromatic carbocycles. The summed E-state index contributed by atoms with van der Waals surface area (Å²) in [5.74, 6) is 0.588. The van der Waals surface area contributed by atoms with E-state index in [1.165, 1.54) is 0 Å². The van der Waals surface area contributed by atoms with Crippen molar-refractivity contribution in [3.63, 3.8) is 0 Å². The molecule has 92 valence electrons. The normalized spacial score (nSPS) is 10.0. The molecular formula is C12H18N4O. The summed E-state index contributed by atoms with van der Waals surface area (Å²) in [4.78, 5) is 10.4. The van der Waals surface area contributed by atoms with Crippen molar-refractivity contribution in [2.24, 2.45) is 0 Å². The lowest BCUT2D eigenvalue weighted by Gasteiger charge is -2.17. The second kappa shape index (κ2) is 6.81. The first-order chi connectivity index (χ1) is 8.17. The Bertz CT molecular complexity index is 400. The summed E-state index contributed by atoms with van der Waals surface area (Å²) in [6.45, 7) is 2.92. The fourth-order valence-electron chi connectivity index (χ4n) is 1.52. The van der Waals surface area contributed by atoms with Gasteiger partial charge in [-0.05, 0) is 32.3 Å². The molecule has 0 aliphatic heterocycles. The first kappa shape index (κ1) is 13.4. The highest BCUT2D eigenvalue weighted by atomic mass is 16.2. The van der Waals surface area contributed by atoms with Crippen molar-refractivity contribution in [3.05, 3.63) is 17.5 Å². The minimum Gasteiger partial charge on any atom is -0.396 e. The van der Waals surface area contributed by atoms with Gasteiger partial charge in [-0.2, -0.15) is 5.26 Å². The Balaban J connectivity index is 2.59. The number of aliphatic hydroxyl groups is 1. The van der Waals surface area contributed by atoms with Gasteiger partial charge in [-0.3, -0.25) is 0 Å². The molecule has 0 spiro atoms. The number of nitriles is 1. The van der Waals surface area contributed by atoms with Crippen LogP contribution >= 0.6 is 0 Å². The standard InChI is InChI=1S/C12H18N4O/c1-10-8-11(9-13)15-12(14-10)16(2)6-4-3-5-7-17/h8,17H,3-7H2,1-2H3. The predicted molar refractivity (Wildman–Crippen MR) is 65.7 cm³/mol. The minimum atomic E-state index is 0.239. The fraction of sp³-hybridized carbons (Fsp3) is 0.583. The largest absolute Gasteiger partial charge is 0.396 e. The maximum atomic E-state index is 8.83. The zero-order valence-corrected chi connectivity index (χ0v) is 10.3. The number of unbranched alkanes of at least 4 members (excludes halogenated alkanes) is 2. The summed E-state index contributed by atoms with van der Waals surface area (Å²) in [5, 5.41) is 17.5. The van der Waals surface area contributed by atoms with E-state index in [4.69, 9.17) is 10.4 Å². The van der Waals surface area contributed by atoms with Crippen LogP contribution in [0.5, 0.6) is 0 Å². The van der Waals surface area contributed by atoms with Crippen LogP contribution in [0.2, 0.25) is 0 Å². The monoisotopic (exact) mass is 234 g/mol. The number of anilines is 1. The van der Waals surface area contributed by atoms with Gasteiger partial charge < -0.3 is 10.0 Å². The first-order valence-corrected chi connectivity index (χ1v) is 5.75. The lowest BCUT2D eigenvalue weighted by atomic mass is 10.2. The van der Waals surface area contributed by atoms with E-state index in [1.54, 1.807) is 6.07 Å². The third kappa shape index (κ3) is 4.37. The molecule has 0 saturated carbocycles. The molecule has 1 aromatic heterocycles. The van der Waals surface area contributed by atoms with Gasteiger partial charge in [0.15, 0.2) is 0 Å². The maximum Gasteiger partial charge on any atom is 0.226 e. The first-order valence-electron chi connectivity index (χ1n) is 5.75. The number of aryl methyl sites for hydroxylation is 1. The van der Waals surface area contributed by atoms with Gasteiger partial charge >= 0.3 is 0 Å². The number of hydrogen-bond acceptors (Lipinski definition) is 5. The molecule has 0 aliphatic carbocycles. The Morgan fingerprint density at radius 2 is 2.12 bits per heavy atom. The Hall–Kier alpha value is -1.67. The average molecular weight is 234 g/mol. The van der Waals surface area contributed by atoms with Gasteiger partial charge in [0.1, 0.15) is 11.8 Å². The van der Waals surface area contributed by atoms with Gasteiger partial charge in [-0.25, -0.2) is 9.97 Å². The van der Waals surface area contributed by atoms with E-state index in [-0.39, 0.29) is 6.61 Å². The van der Waals surface area contributed by atoms with Crippen LogP contribution in [0.1, 0.15) is 30.7 Å². The molecular weight excluding hydrogens is 216 g/mol. The van der Waals surface area contributed by atoms with E-state index in [0.29, 0.717) is 11.6 Å². The van der Waals surface area contributed by atoms with Gasteiger partial charge in [-0.15, -0.1) is 0 Å². The van der Waals surface area contributed by atoms with E-state index >= 15 is 0 Å².